The molecule has 3 aromatic rings. The number of benzene rings is 3. The van der Waals surface area contributed by atoms with Crippen LogP contribution in [0.5, 0.6) is 11.5 Å². The summed E-state index contributed by atoms with van der Waals surface area (Å²) in [5.74, 6) is -0.532. The zero-order valence-electron chi connectivity index (χ0n) is 14.5. The van der Waals surface area contributed by atoms with E-state index in [4.69, 9.17) is 10.5 Å². The second kappa shape index (κ2) is 8.00. The lowest BCUT2D eigenvalue weighted by Crippen LogP contribution is -2.14. The van der Waals surface area contributed by atoms with Gasteiger partial charge in [-0.1, -0.05) is 18.2 Å². The summed E-state index contributed by atoms with van der Waals surface area (Å²) in [6.45, 7) is 0. The third-order valence-electron chi connectivity index (χ3n) is 3.82. The predicted molar refractivity (Wildman–Crippen MR) is 103 cm³/mol. The molecule has 0 unspecified atom stereocenters. The maximum Gasteiger partial charge on any atom is 0.270 e. The second-order valence-electron chi connectivity index (χ2n) is 5.75. The van der Waals surface area contributed by atoms with Gasteiger partial charge < -0.3 is 15.8 Å². The van der Waals surface area contributed by atoms with Crippen molar-refractivity contribution in [3.05, 3.63) is 94.0 Å². The van der Waals surface area contributed by atoms with Crippen LogP contribution in [0.25, 0.3) is 0 Å². The average Bonchev–Trinajstić information content (AvgIpc) is 2.69. The Morgan fingerprint density at radius 2 is 1.64 bits per heavy atom. The Kier molecular flexibility index (Phi) is 5.31. The molecule has 0 saturated carbocycles. The number of rotatable bonds is 6. The molecule has 0 bridgehead atoms. The maximum atomic E-state index is 12.7. The van der Waals surface area contributed by atoms with E-state index < -0.39 is 16.7 Å². The van der Waals surface area contributed by atoms with Crippen LogP contribution in [-0.2, 0) is 0 Å². The zero-order valence-corrected chi connectivity index (χ0v) is 14.5. The third-order valence-corrected chi connectivity index (χ3v) is 3.82. The molecular formula is C20H15N3O5. The van der Waals surface area contributed by atoms with Crippen LogP contribution < -0.4 is 15.8 Å². The van der Waals surface area contributed by atoms with E-state index in [0.29, 0.717) is 17.0 Å². The largest absolute Gasteiger partial charge is 0.457 e. The molecule has 0 atom stereocenters. The van der Waals surface area contributed by atoms with E-state index >= 15 is 0 Å². The molecule has 2 amide bonds. The van der Waals surface area contributed by atoms with Crippen LogP contribution in [0.2, 0.25) is 0 Å². The Morgan fingerprint density at radius 1 is 0.964 bits per heavy atom. The Labute approximate surface area is 159 Å². The quantitative estimate of drug-likeness (QED) is 0.500. The summed E-state index contributed by atoms with van der Waals surface area (Å²) in [4.78, 5) is 34.3. The van der Waals surface area contributed by atoms with Gasteiger partial charge in [-0.15, -0.1) is 0 Å². The molecule has 140 valence electrons. The van der Waals surface area contributed by atoms with E-state index in [1.54, 1.807) is 24.3 Å². The number of nitro groups is 1. The van der Waals surface area contributed by atoms with Crippen LogP contribution in [-0.4, -0.2) is 16.7 Å². The average molecular weight is 377 g/mol. The number of hydrogen-bond acceptors (Lipinski definition) is 5. The fourth-order valence-corrected chi connectivity index (χ4v) is 2.43. The summed E-state index contributed by atoms with van der Waals surface area (Å²) in [6.07, 6.45) is 0. The first-order valence-corrected chi connectivity index (χ1v) is 8.16. The van der Waals surface area contributed by atoms with Crippen LogP contribution in [0.15, 0.2) is 72.8 Å². The molecule has 0 spiro atoms. The number of carbonyl (C=O) groups excluding carboxylic acids is 2. The Balaban J connectivity index is 1.90. The zero-order chi connectivity index (χ0) is 20.1. The number of amides is 2. The van der Waals surface area contributed by atoms with Crippen molar-refractivity contribution >= 4 is 23.2 Å². The molecule has 3 aromatic carbocycles. The fraction of sp³-hybridized carbons (Fsp3) is 0. The van der Waals surface area contributed by atoms with Crippen LogP contribution in [0, 0.1) is 10.1 Å². The van der Waals surface area contributed by atoms with Gasteiger partial charge in [-0.25, -0.2) is 0 Å². The van der Waals surface area contributed by atoms with E-state index in [2.05, 4.69) is 5.32 Å². The lowest BCUT2D eigenvalue weighted by atomic mass is 10.1. The highest BCUT2D eigenvalue weighted by Gasteiger charge is 2.19. The summed E-state index contributed by atoms with van der Waals surface area (Å²) in [7, 11) is 0. The van der Waals surface area contributed by atoms with Crippen LogP contribution >= 0.6 is 0 Å². The minimum atomic E-state index is -0.596. The first kappa shape index (κ1) is 18.6. The first-order chi connectivity index (χ1) is 13.4. The fourth-order valence-electron chi connectivity index (χ4n) is 2.43. The number of carbonyl (C=O) groups is 2. The number of anilines is 1. The van der Waals surface area contributed by atoms with Crippen molar-refractivity contribution in [2.24, 2.45) is 5.73 Å². The molecule has 3 rings (SSSR count). The van der Waals surface area contributed by atoms with Crippen molar-refractivity contribution < 1.29 is 19.2 Å². The summed E-state index contributed by atoms with van der Waals surface area (Å²) >= 11 is 0. The van der Waals surface area contributed by atoms with Crippen molar-refractivity contribution in [2.75, 3.05) is 5.32 Å². The van der Waals surface area contributed by atoms with Gasteiger partial charge in [0.2, 0.25) is 5.91 Å². The Morgan fingerprint density at radius 3 is 2.25 bits per heavy atom. The molecule has 0 fully saturated rings. The molecule has 0 aliphatic rings. The van der Waals surface area contributed by atoms with E-state index in [0.717, 1.165) is 6.07 Å². The Bertz CT molecular complexity index is 1030. The number of nitrogens with two attached hydrogens (primary N) is 1. The highest BCUT2D eigenvalue weighted by atomic mass is 16.6. The van der Waals surface area contributed by atoms with Crippen molar-refractivity contribution in [3.63, 3.8) is 0 Å². The molecule has 0 heterocycles. The molecule has 28 heavy (non-hydrogen) atoms. The monoisotopic (exact) mass is 377 g/mol. The van der Waals surface area contributed by atoms with Gasteiger partial charge in [-0.05, 0) is 42.5 Å². The van der Waals surface area contributed by atoms with E-state index in [1.807, 2.05) is 6.07 Å². The maximum absolute atomic E-state index is 12.7. The van der Waals surface area contributed by atoms with Gasteiger partial charge in [0.15, 0.2) is 0 Å². The van der Waals surface area contributed by atoms with Gasteiger partial charge in [0.25, 0.3) is 11.6 Å². The van der Waals surface area contributed by atoms with Crippen molar-refractivity contribution in [1.29, 1.82) is 0 Å². The number of hydrogen-bond donors (Lipinski definition) is 2. The van der Waals surface area contributed by atoms with Crippen LogP contribution in [0.1, 0.15) is 20.7 Å². The minimum absolute atomic E-state index is 0.00275. The van der Waals surface area contributed by atoms with Crippen molar-refractivity contribution in [3.8, 4) is 11.5 Å². The number of ether oxygens (including phenoxy) is 1. The summed E-state index contributed by atoms with van der Waals surface area (Å²) < 4.78 is 5.71. The van der Waals surface area contributed by atoms with Gasteiger partial charge in [-0.2, -0.15) is 0 Å². The molecule has 0 aliphatic carbocycles. The van der Waals surface area contributed by atoms with E-state index in [9.17, 15) is 19.7 Å². The number of non-ortho nitro benzene ring substituents is 1. The van der Waals surface area contributed by atoms with Gasteiger partial charge in [-0.3, -0.25) is 19.7 Å². The smallest absolute Gasteiger partial charge is 0.270 e. The molecule has 8 heteroatoms. The predicted octanol–water partition coefficient (Wildman–Crippen LogP) is 3.74. The normalized spacial score (nSPS) is 10.1. The van der Waals surface area contributed by atoms with Crippen molar-refractivity contribution in [2.45, 2.75) is 0 Å². The lowest BCUT2D eigenvalue weighted by Gasteiger charge is -2.12. The molecule has 0 aliphatic heterocycles. The summed E-state index contributed by atoms with van der Waals surface area (Å²) in [5.41, 5.74) is 5.63. The van der Waals surface area contributed by atoms with Gasteiger partial charge in [0, 0.05) is 23.4 Å². The highest BCUT2D eigenvalue weighted by Crippen LogP contribution is 2.29. The van der Waals surface area contributed by atoms with Crippen molar-refractivity contribution in [1.82, 2.24) is 0 Å². The number of nitrogens with one attached hydrogen (secondary N) is 1. The number of para-hydroxylation sites is 1. The summed E-state index contributed by atoms with van der Waals surface area (Å²) in [6, 6.07) is 18.5. The number of primary amides is 1. The number of nitro benzene ring substituents is 1. The van der Waals surface area contributed by atoms with Gasteiger partial charge >= 0.3 is 0 Å². The van der Waals surface area contributed by atoms with Gasteiger partial charge in [0.1, 0.15) is 11.5 Å². The standard InChI is InChI=1S/C20H15N3O5/c21-19(24)13-6-8-14(9-7-13)22-20(25)17-12-15(23(26)27)10-11-18(17)28-16-4-2-1-3-5-16/h1-12H,(H2,21,24)(H,22,25). The summed E-state index contributed by atoms with van der Waals surface area (Å²) in [5, 5.41) is 13.7. The lowest BCUT2D eigenvalue weighted by molar-refractivity contribution is -0.384. The Hall–Kier alpha value is -4.20. The highest BCUT2D eigenvalue weighted by molar-refractivity contribution is 6.07. The number of nitrogens with zero attached hydrogens (tertiary/aromatic N) is 1. The molecule has 8 nitrogen and oxygen atoms in total. The molecular weight excluding hydrogens is 362 g/mol. The molecule has 3 N–H and O–H groups in total. The van der Waals surface area contributed by atoms with Gasteiger partial charge in [0.05, 0.1) is 10.5 Å². The first-order valence-electron chi connectivity index (χ1n) is 8.16. The van der Waals surface area contributed by atoms with E-state index in [1.165, 1.54) is 36.4 Å². The molecule has 0 radical (unpaired) electrons. The third kappa shape index (κ3) is 4.31. The SMILES string of the molecule is NC(=O)c1ccc(NC(=O)c2cc([N+](=O)[O-])ccc2Oc2ccccc2)cc1. The van der Waals surface area contributed by atoms with E-state index in [-0.39, 0.29) is 17.0 Å². The minimum Gasteiger partial charge on any atom is -0.457 e. The molecule has 0 aromatic heterocycles. The van der Waals surface area contributed by atoms with Crippen LogP contribution in [0.3, 0.4) is 0 Å². The van der Waals surface area contributed by atoms with Crippen LogP contribution in [0.4, 0.5) is 11.4 Å². The second-order valence-corrected chi connectivity index (χ2v) is 5.75. The topological polar surface area (TPSA) is 125 Å². The molecule has 0 saturated heterocycles.